The van der Waals surface area contributed by atoms with Crippen molar-refractivity contribution in [1.29, 1.82) is 0 Å². The number of nitrogens with two attached hydrogens (primary N) is 1. The van der Waals surface area contributed by atoms with Crippen LogP contribution >= 0.6 is 11.6 Å². The number of urea groups is 1. The minimum atomic E-state index is -0.636. The Morgan fingerprint density at radius 1 is 1.43 bits per heavy atom. The lowest BCUT2D eigenvalue weighted by Crippen LogP contribution is -2.29. The van der Waals surface area contributed by atoms with Gasteiger partial charge in [-0.2, -0.15) is 5.10 Å². The maximum absolute atomic E-state index is 10.5. The van der Waals surface area contributed by atoms with Crippen molar-refractivity contribution in [1.82, 2.24) is 5.43 Å². The van der Waals surface area contributed by atoms with E-state index in [0.717, 1.165) is 18.6 Å². The van der Waals surface area contributed by atoms with Gasteiger partial charge in [0, 0.05) is 5.92 Å². The number of primary amides is 1. The third-order valence-electron chi connectivity index (χ3n) is 2.52. The van der Waals surface area contributed by atoms with Crippen LogP contribution in [-0.2, 0) is 0 Å². The second kappa shape index (κ2) is 5.86. The molecule has 0 aliphatic heterocycles. The van der Waals surface area contributed by atoms with Gasteiger partial charge < -0.3 is 5.73 Å². The lowest BCUT2D eigenvalue weighted by atomic mass is 9.86. The highest BCUT2D eigenvalue weighted by molar-refractivity contribution is 6.29. The highest BCUT2D eigenvalue weighted by Gasteiger charge is 2.18. The molecule has 0 aromatic rings. The Morgan fingerprint density at radius 3 is 2.57 bits per heavy atom. The van der Waals surface area contributed by atoms with Gasteiger partial charge in [0.05, 0.1) is 11.6 Å². The molecule has 0 aromatic heterocycles. The molecule has 1 rings (SSSR count). The number of hydrogen-bond acceptors (Lipinski definition) is 2. The van der Waals surface area contributed by atoms with Gasteiger partial charge >= 0.3 is 6.03 Å². The molecular weight excluding hydrogens is 202 g/mol. The minimum Gasteiger partial charge on any atom is -0.350 e. The first-order valence-electron chi connectivity index (χ1n) is 4.92. The van der Waals surface area contributed by atoms with E-state index in [2.05, 4.69) is 10.5 Å². The van der Waals surface area contributed by atoms with Gasteiger partial charge in [0.1, 0.15) is 0 Å². The standard InChI is InChI=1S/C9H16ClN3O/c10-6-8(12-13-9(11)14)7-4-2-1-3-5-7/h7H,1-6H2,(H3,11,13,14)/b12-8+. The van der Waals surface area contributed by atoms with Gasteiger partial charge in [0.25, 0.3) is 0 Å². The number of halogens is 1. The Morgan fingerprint density at radius 2 is 2.07 bits per heavy atom. The summed E-state index contributed by atoms with van der Waals surface area (Å²) in [5, 5.41) is 3.93. The lowest BCUT2D eigenvalue weighted by molar-refractivity contribution is 0.249. The fourth-order valence-corrected chi connectivity index (χ4v) is 2.07. The predicted octanol–water partition coefficient (Wildman–Crippen LogP) is 1.83. The number of rotatable bonds is 3. The van der Waals surface area contributed by atoms with E-state index in [1.807, 2.05) is 0 Å². The molecule has 1 aliphatic rings. The van der Waals surface area contributed by atoms with E-state index in [0.29, 0.717) is 11.8 Å². The first-order chi connectivity index (χ1) is 6.74. The minimum absolute atomic E-state index is 0.366. The van der Waals surface area contributed by atoms with Crippen LogP contribution in [0.4, 0.5) is 4.79 Å². The van der Waals surface area contributed by atoms with Crippen LogP contribution in [-0.4, -0.2) is 17.6 Å². The third kappa shape index (κ3) is 3.54. The van der Waals surface area contributed by atoms with E-state index in [1.165, 1.54) is 19.3 Å². The fourth-order valence-electron chi connectivity index (χ4n) is 1.79. The van der Waals surface area contributed by atoms with Crippen LogP contribution < -0.4 is 11.2 Å². The Kier molecular flexibility index (Phi) is 4.73. The zero-order valence-electron chi connectivity index (χ0n) is 8.13. The maximum Gasteiger partial charge on any atom is 0.332 e. The molecule has 0 bridgehead atoms. The molecule has 0 unspecified atom stereocenters. The van der Waals surface area contributed by atoms with Crippen molar-refractivity contribution >= 4 is 23.3 Å². The zero-order chi connectivity index (χ0) is 10.4. The van der Waals surface area contributed by atoms with Crippen LogP contribution in [0, 0.1) is 5.92 Å². The average molecular weight is 218 g/mol. The molecule has 3 N–H and O–H groups in total. The summed E-state index contributed by atoms with van der Waals surface area (Å²) in [5.74, 6) is 0.790. The summed E-state index contributed by atoms with van der Waals surface area (Å²) in [6.07, 6.45) is 5.96. The third-order valence-corrected chi connectivity index (χ3v) is 2.80. The van der Waals surface area contributed by atoms with Gasteiger partial charge in [0.2, 0.25) is 0 Å². The predicted molar refractivity (Wildman–Crippen MR) is 57.4 cm³/mol. The second-order valence-electron chi connectivity index (χ2n) is 3.55. The summed E-state index contributed by atoms with van der Waals surface area (Å²) in [5.41, 5.74) is 8.01. The zero-order valence-corrected chi connectivity index (χ0v) is 8.89. The van der Waals surface area contributed by atoms with Crippen molar-refractivity contribution in [2.45, 2.75) is 32.1 Å². The highest BCUT2D eigenvalue weighted by Crippen LogP contribution is 2.25. The summed E-state index contributed by atoms with van der Waals surface area (Å²) in [4.78, 5) is 10.5. The monoisotopic (exact) mass is 217 g/mol. The Balaban J connectivity index is 2.50. The van der Waals surface area contributed by atoms with E-state index >= 15 is 0 Å². The molecule has 0 aromatic carbocycles. The summed E-state index contributed by atoms with van der Waals surface area (Å²) >= 11 is 5.76. The van der Waals surface area contributed by atoms with Crippen LogP contribution in [0.5, 0.6) is 0 Å². The SMILES string of the molecule is NC(=O)N/N=C(\CCl)C1CCCCC1. The van der Waals surface area contributed by atoms with Crippen molar-refractivity contribution < 1.29 is 4.79 Å². The number of carbonyl (C=O) groups is 1. The van der Waals surface area contributed by atoms with Crippen LogP contribution in [0.1, 0.15) is 32.1 Å². The van der Waals surface area contributed by atoms with Gasteiger partial charge in [0.15, 0.2) is 0 Å². The van der Waals surface area contributed by atoms with Crippen molar-refractivity contribution in [2.24, 2.45) is 16.8 Å². The number of hydrogen-bond donors (Lipinski definition) is 2. The Bertz CT molecular complexity index is 224. The number of nitrogens with zero attached hydrogens (tertiary/aromatic N) is 1. The molecule has 1 saturated carbocycles. The van der Waals surface area contributed by atoms with E-state index in [1.54, 1.807) is 0 Å². The first kappa shape index (κ1) is 11.3. The smallest absolute Gasteiger partial charge is 0.332 e. The summed E-state index contributed by atoms with van der Waals surface area (Å²) < 4.78 is 0. The number of amides is 2. The molecule has 0 heterocycles. The molecule has 4 nitrogen and oxygen atoms in total. The van der Waals surface area contributed by atoms with Gasteiger partial charge in [-0.05, 0) is 12.8 Å². The molecular formula is C9H16ClN3O. The van der Waals surface area contributed by atoms with E-state index < -0.39 is 6.03 Å². The van der Waals surface area contributed by atoms with Gasteiger partial charge in [-0.15, -0.1) is 11.6 Å². The molecule has 5 heteroatoms. The van der Waals surface area contributed by atoms with E-state index in [-0.39, 0.29) is 0 Å². The number of alkyl halides is 1. The topological polar surface area (TPSA) is 67.5 Å². The van der Waals surface area contributed by atoms with Crippen LogP contribution in [0.2, 0.25) is 0 Å². The second-order valence-corrected chi connectivity index (χ2v) is 3.82. The molecule has 0 atom stereocenters. The van der Waals surface area contributed by atoms with Crippen molar-refractivity contribution in [3.05, 3.63) is 0 Å². The van der Waals surface area contributed by atoms with E-state index in [9.17, 15) is 4.79 Å². The summed E-state index contributed by atoms with van der Waals surface area (Å²) in [6.45, 7) is 0. The molecule has 1 fully saturated rings. The molecule has 0 radical (unpaired) electrons. The normalized spacial score (nSPS) is 19.4. The van der Waals surface area contributed by atoms with Gasteiger partial charge in [-0.3, -0.25) is 0 Å². The fraction of sp³-hybridized carbons (Fsp3) is 0.778. The first-order valence-corrected chi connectivity index (χ1v) is 5.45. The Labute approximate surface area is 88.9 Å². The molecule has 1 aliphatic carbocycles. The number of carbonyl (C=O) groups excluding carboxylic acids is 1. The highest BCUT2D eigenvalue weighted by atomic mass is 35.5. The number of nitrogens with one attached hydrogen (secondary N) is 1. The summed E-state index contributed by atoms with van der Waals surface area (Å²) in [7, 11) is 0. The van der Waals surface area contributed by atoms with E-state index in [4.69, 9.17) is 17.3 Å². The van der Waals surface area contributed by atoms with Crippen LogP contribution in [0.25, 0.3) is 0 Å². The molecule has 80 valence electrons. The van der Waals surface area contributed by atoms with Crippen molar-refractivity contribution in [2.75, 3.05) is 5.88 Å². The lowest BCUT2D eigenvalue weighted by Gasteiger charge is -2.21. The molecule has 2 amide bonds. The maximum atomic E-state index is 10.5. The quantitative estimate of drug-likeness (QED) is 0.423. The summed E-state index contributed by atoms with van der Waals surface area (Å²) in [6, 6.07) is -0.636. The van der Waals surface area contributed by atoms with Crippen molar-refractivity contribution in [3.8, 4) is 0 Å². The Hall–Kier alpha value is -0.770. The largest absolute Gasteiger partial charge is 0.350 e. The molecule has 0 saturated heterocycles. The van der Waals surface area contributed by atoms with Crippen LogP contribution in [0.3, 0.4) is 0 Å². The van der Waals surface area contributed by atoms with Crippen LogP contribution in [0.15, 0.2) is 5.10 Å². The van der Waals surface area contributed by atoms with Gasteiger partial charge in [-0.1, -0.05) is 19.3 Å². The molecule has 0 spiro atoms. The van der Waals surface area contributed by atoms with Gasteiger partial charge in [-0.25, -0.2) is 10.2 Å². The van der Waals surface area contributed by atoms with Crippen molar-refractivity contribution in [3.63, 3.8) is 0 Å². The average Bonchev–Trinajstić information content (AvgIpc) is 2.20. The number of hydrazone groups is 1. The molecule has 14 heavy (non-hydrogen) atoms.